The Morgan fingerprint density at radius 3 is 1.89 bits per heavy atom. The Morgan fingerprint density at radius 2 is 1.13 bits per heavy atom. The van der Waals surface area contributed by atoms with Crippen molar-refractivity contribution in [2.24, 2.45) is 11.8 Å². The molecule has 46 heavy (non-hydrogen) atoms. The van der Waals surface area contributed by atoms with E-state index in [2.05, 4.69) is 149 Å². The van der Waals surface area contributed by atoms with E-state index in [0.717, 1.165) is 5.92 Å². The molecule has 2 aliphatic heterocycles. The maximum Gasteiger partial charge on any atom is 0.252 e. The van der Waals surface area contributed by atoms with E-state index in [1.807, 2.05) is 0 Å². The minimum absolute atomic E-state index is 0.0920. The zero-order chi connectivity index (χ0) is 30.0. The second kappa shape index (κ2) is 9.04. The molecule has 2 fully saturated rings. The van der Waals surface area contributed by atoms with Crippen LogP contribution in [-0.2, 0) is 5.41 Å². The number of hydrogen-bond acceptors (Lipinski definition) is 2. The summed E-state index contributed by atoms with van der Waals surface area (Å²) in [5, 5.41) is 0. The number of para-hydroxylation sites is 3. The van der Waals surface area contributed by atoms with E-state index >= 15 is 0 Å². The standard InChI is InChI=1S/C43H33BN2/c1-2-12-30(13-3-1)45-36-19-8-6-17-34(36)44-35-18-7-9-20-37(35)46(40-23-11-22-39(45)42(40)44)38-21-10-15-32-31-14-4-5-16-33(31)43(41(32)38)27-28-24-25-29(43)26-28/h1-23,28-29H,24-27H2/t28?,29?,43-/m1/s1. The Bertz CT molecular complexity index is 2220. The first-order chi connectivity index (χ1) is 22.8. The van der Waals surface area contributed by atoms with Gasteiger partial charge in [0.05, 0.1) is 5.69 Å². The molecular formula is C43H33BN2. The van der Waals surface area contributed by atoms with Gasteiger partial charge in [0.1, 0.15) is 0 Å². The fraction of sp³-hybridized carbons (Fsp3) is 0.163. The van der Waals surface area contributed by atoms with Crippen molar-refractivity contribution in [3.05, 3.63) is 151 Å². The Labute approximate surface area is 271 Å². The lowest BCUT2D eigenvalue weighted by atomic mass is 9.33. The Balaban J connectivity index is 1.22. The molecule has 2 unspecified atom stereocenters. The number of rotatable bonds is 2. The van der Waals surface area contributed by atoms with Crippen LogP contribution in [0.4, 0.5) is 34.1 Å². The Kier molecular flexibility index (Phi) is 4.95. The van der Waals surface area contributed by atoms with Gasteiger partial charge in [0.25, 0.3) is 6.71 Å². The number of nitrogens with zero attached hydrogens (tertiary/aromatic N) is 2. The van der Waals surface area contributed by atoms with E-state index in [0.29, 0.717) is 5.92 Å². The van der Waals surface area contributed by atoms with Crippen LogP contribution in [0, 0.1) is 11.8 Å². The van der Waals surface area contributed by atoms with Crippen molar-refractivity contribution in [3.63, 3.8) is 0 Å². The third-order valence-corrected chi connectivity index (χ3v) is 12.1. The van der Waals surface area contributed by atoms with Crippen LogP contribution in [0.1, 0.15) is 36.8 Å². The third-order valence-electron chi connectivity index (χ3n) is 12.1. The lowest BCUT2D eigenvalue weighted by Crippen LogP contribution is -2.61. The summed E-state index contributed by atoms with van der Waals surface area (Å²) in [5.41, 5.74) is 18.0. The van der Waals surface area contributed by atoms with Gasteiger partial charge in [-0.1, -0.05) is 103 Å². The molecule has 0 radical (unpaired) electrons. The zero-order valence-electron chi connectivity index (χ0n) is 25.7. The highest BCUT2D eigenvalue weighted by atomic mass is 15.2. The van der Waals surface area contributed by atoms with Gasteiger partial charge in [0.15, 0.2) is 0 Å². The maximum absolute atomic E-state index is 2.65. The molecule has 3 heteroatoms. The number of anilines is 6. The lowest BCUT2D eigenvalue weighted by Gasteiger charge is -2.45. The van der Waals surface area contributed by atoms with Crippen LogP contribution in [0.25, 0.3) is 11.1 Å². The molecule has 2 bridgehead atoms. The minimum Gasteiger partial charge on any atom is -0.311 e. The summed E-state index contributed by atoms with van der Waals surface area (Å²) in [6.07, 6.45) is 5.37. The molecule has 3 atom stereocenters. The molecule has 11 rings (SSSR count). The van der Waals surface area contributed by atoms with E-state index < -0.39 is 0 Å². The van der Waals surface area contributed by atoms with Crippen LogP contribution >= 0.6 is 0 Å². The largest absolute Gasteiger partial charge is 0.311 e. The van der Waals surface area contributed by atoms with Gasteiger partial charge in [-0.05, 0) is 112 Å². The summed E-state index contributed by atoms with van der Waals surface area (Å²) < 4.78 is 0. The summed E-state index contributed by atoms with van der Waals surface area (Å²) in [4.78, 5) is 5.14. The number of hydrogen-bond donors (Lipinski definition) is 0. The molecule has 0 N–H and O–H groups in total. The molecule has 0 amide bonds. The fourth-order valence-electron chi connectivity index (χ4n) is 10.6. The van der Waals surface area contributed by atoms with E-state index in [-0.39, 0.29) is 12.1 Å². The molecule has 0 aromatic heterocycles. The Morgan fingerprint density at radius 1 is 0.522 bits per heavy atom. The predicted molar refractivity (Wildman–Crippen MR) is 192 cm³/mol. The van der Waals surface area contributed by atoms with Crippen LogP contribution in [-0.4, -0.2) is 6.71 Å². The van der Waals surface area contributed by atoms with Crippen LogP contribution in [0.5, 0.6) is 0 Å². The van der Waals surface area contributed by atoms with Crippen molar-refractivity contribution in [3.8, 4) is 11.1 Å². The van der Waals surface area contributed by atoms with Crippen LogP contribution < -0.4 is 26.2 Å². The molecule has 2 nitrogen and oxygen atoms in total. The van der Waals surface area contributed by atoms with Gasteiger partial charge in [-0.15, -0.1) is 0 Å². The quantitative estimate of drug-likeness (QED) is 0.186. The third kappa shape index (κ3) is 3.04. The average Bonchev–Trinajstić information content (AvgIpc) is 3.81. The highest BCUT2D eigenvalue weighted by Crippen LogP contribution is 2.67. The van der Waals surface area contributed by atoms with E-state index in [4.69, 9.17) is 0 Å². The second-order valence-corrected chi connectivity index (χ2v) is 14.1. The van der Waals surface area contributed by atoms with Gasteiger partial charge in [-0.3, -0.25) is 0 Å². The molecule has 6 aromatic rings. The van der Waals surface area contributed by atoms with Crippen LogP contribution in [0.2, 0.25) is 0 Å². The molecule has 5 aliphatic rings. The first kappa shape index (κ1) is 25.2. The lowest BCUT2D eigenvalue weighted by molar-refractivity contribution is 0.327. The smallest absolute Gasteiger partial charge is 0.252 e. The first-order valence-electron chi connectivity index (χ1n) is 17.0. The van der Waals surface area contributed by atoms with Crippen molar-refractivity contribution in [1.29, 1.82) is 0 Å². The SMILES string of the molecule is c1ccc(N2c3ccccc3B3c4ccccc4N(c4cccc5c4[C@@]4(CC6CCC4C6)c4ccccc4-5)c4cccc2c43)cc1. The maximum atomic E-state index is 2.65. The number of fused-ring (bicyclic) bond motifs is 12. The van der Waals surface area contributed by atoms with E-state index in [1.165, 1.54) is 87.3 Å². The first-order valence-corrected chi connectivity index (χ1v) is 17.0. The summed E-state index contributed by atoms with van der Waals surface area (Å²) in [7, 11) is 0. The normalized spacial score (nSPS) is 22.4. The van der Waals surface area contributed by atoms with Gasteiger partial charge in [0, 0.05) is 33.9 Å². The fourth-order valence-corrected chi connectivity index (χ4v) is 10.6. The topological polar surface area (TPSA) is 6.48 Å². The molecule has 0 saturated heterocycles. The van der Waals surface area contributed by atoms with Crippen molar-refractivity contribution in [2.45, 2.75) is 31.1 Å². The predicted octanol–water partition coefficient (Wildman–Crippen LogP) is 8.86. The highest BCUT2D eigenvalue weighted by Gasteiger charge is 2.58. The monoisotopic (exact) mass is 588 g/mol. The van der Waals surface area contributed by atoms with E-state index in [9.17, 15) is 0 Å². The van der Waals surface area contributed by atoms with Crippen molar-refractivity contribution in [2.75, 3.05) is 9.80 Å². The van der Waals surface area contributed by atoms with Crippen molar-refractivity contribution in [1.82, 2.24) is 0 Å². The van der Waals surface area contributed by atoms with Crippen LogP contribution in [0.3, 0.4) is 0 Å². The average molecular weight is 589 g/mol. The van der Waals surface area contributed by atoms with Gasteiger partial charge < -0.3 is 9.80 Å². The van der Waals surface area contributed by atoms with Gasteiger partial charge in [-0.25, -0.2) is 0 Å². The molecular weight excluding hydrogens is 555 g/mol. The molecule has 2 heterocycles. The summed E-state index contributed by atoms with van der Waals surface area (Å²) >= 11 is 0. The highest BCUT2D eigenvalue weighted by molar-refractivity contribution is 7.00. The van der Waals surface area contributed by atoms with Crippen molar-refractivity contribution >= 4 is 57.2 Å². The molecule has 2 saturated carbocycles. The summed E-state index contributed by atoms with van der Waals surface area (Å²) in [6.45, 7) is 0.167. The molecule has 218 valence electrons. The second-order valence-electron chi connectivity index (χ2n) is 14.1. The van der Waals surface area contributed by atoms with Gasteiger partial charge in [-0.2, -0.15) is 0 Å². The Hall–Kier alpha value is -5.02. The number of benzene rings is 6. The van der Waals surface area contributed by atoms with E-state index in [1.54, 1.807) is 11.1 Å². The molecule has 3 aliphatic carbocycles. The summed E-state index contributed by atoms with van der Waals surface area (Å²) in [5.74, 6) is 1.54. The minimum atomic E-state index is 0.0920. The zero-order valence-corrected chi connectivity index (χ0v) is 25.7. The van der Waals surface area contributed by atoms with Gasteiger partial charge in [0.2, 0.25) is 0 Å². The van der Waals surface area contributed by atoms with Gasteiger partial charge >= 0.3 is 0 Å². The van der Waals surface area contributed by atoms with Crippen molar-refractivity contribution < 1.29 is 0 Å². The molecule has 1 spiro atoms. The summed E-state index contributed by atoms with van der Waals surface area (Å²) in [6, 6.07) is 52.7. The van der Waals surface area contributed by atoms with Crippen LogP contribution in [0.15, 0.2) is 140 Å². The molecule has 6 aromatic carbocycles.